The summed E-state index contributed by atoms with van der Waals surface area (Å²) in [5.74, 6) is 0. The third-order valence-electron chi connectivity index (χ3n) is 2.32. The Morgan fingerprint density at radius 1 is 1.20 bits per heavy atom. The molecule has 80 valence electrons. The van der Waals surface area contributed by atoms with Crippen LogP contribution in [0, 0.1) is 0 Å². The van der Waals surface area contributed by atoms with Gasteiger partial charge in [0, 0.05) is 0 Å². The van der Waals surface area contributed by atoms with E-state index in [0.29, 0.717) is 0 Å². The number of rotatable bonds is 3. The van der Waals surface area contributed by atoms with Crippen LogP contribution < -0.4 is 21.5 Å². The van der Waals surface area contributed by atoms with E-state index in [4.69, 9.17) is 0 Å². The molecule has 2 nitrogen and oxygen atoms in total. The van der Waals surface area contributed by atoms with E-state index < -0.39 is 0 Å². The molecule has 0 radical (unpaired) electrons. The van der Waals surface area contributed by atoms with Crippen LogP contribution in [0.2, 0.25) is 0 Å². The molecular formula is C12H15BrN2. The van der Waals surface area contributed by atoms with Crippen molar-refractivity contribution in [1.82, 2.24) is 4.57 Å². The minimum Gasteiger partial charge on any atom is -1.00 e. The maximum absolute atomic E-state index is 2.19. The van der Waals surface area contributed by atoms with Crippen molar-refractivity contribution in [3.8, 4) is 0 Å². The van der Waals surface area contributed by atoms with Crippen molar-refractivity contribution >= 4 is 0 Å². The number of benzene rings is 1. The topological polar surface area (TPSA) is 8.81 Å². The molecule has 0 saturated carbocycles. The summed E-state index contributed by atoms with van der Waals surface area (Å²) in [5, 5.41) is 0. The first-order valence-electron chi connectivity index (χ1n) is 4.97. The van der Waals surface area contributed by atoms with Gasteiger partial charge in [-0.3, -0.25) is 0 Å². The first-order chi connectivity index (χ1) is 6.88. The molecule has 2 aromatic rings. The van der Waals surface area contributed by atoms with Gasteiger partial charge in [-0.25, -0.2) is 9.13 Å². The molecule has 0 amide bonds. The molecule has 0 aliphatic rings. The molecule has 1 aromatic heterocycles. The molecule has 0 fully saturated rings. The minimum absolute atomic E-state index is 0. The number of aryl methyl sites for hydroxylation is 1. The van der Waals surface area contributed by atoms with Crippen LogP contribution in [0.1, 0.15) is 12.5 Å². The van der Waals surface area contributed by atoms with E-state index in [1.54, 1.807) is 0 Å². The molecule has 1 heterocycles. The van der Waals surface area contributed by atoms with Gasteiger partial charge in [-0.15, -0.1) is 0 Å². The molecule has 3 heteroatoms. The molecule has 0 saturated heterocycles. The minimum atomic E-state index is 0. The largest absolute Gasteiger partial charge is 1.00 e. The Labute approximate surface area is 101 Å². The van der Waals surface area contributed by atoms with Gasteiger partial charge in [-0.2, -0.15) is 0 Å². The summed E-state index contributed by atoms with van der Waals surface area (Å²) in [6, 6.07) is 10.5. The van der Waals surface area contributed by atoms with Crippen molar-refractivity contribution in [3.63, 3.8) is 0 Å². The predicted octanol–water partition coefficient (Wildman–Crippen LogP) is -1.15. The summed E-state index contributed by atoms with van der Waals surface area (Å²) in [6.07, 6.45) is 6.34. The highest BCUT2D eigenvalue weighted by Gasteiger charge is 2.01. The molecule has 0 aliphatic heterocycles. The Morgan fingerprint density at radius 2 is 1.93 bits per heavy atom. The van der Waals surface area contributed by atoms with Crippen molar-refractivity contribution in [2.24, 2.45) is 0 Å². The van der Waals surface area contributed by atoms with E-state index in [-0.39, 0.29) is 17.0 Å². The first kappa shape index (κ1) is 12.0. The van der Waals surface area contributed by atoms with Crippen LogP contribution in [-0.2, 0) is 13.1 Å². The molecule has 0 unspecified atom stereocenters. The number of hydrogen-bond acceptors (Lipinski definition) is 0. The van der Waals surface area contributed by atoms with Crippen LogP contribution in [0.15, 0.2) is 49.1 Å². The highest BCUT2D eigenvalue weighted by atomic mass is 79.9. The van der Waals surface area contributed by atoms with E-state index in [2.05, 4.69) is 59.0 Å². The molecule has 0 atom stereocenters. The predicted molar refractivity (Wildman–Crippen MR) is 55.8 cm³/mol. The lowest BCUT2D eigenvalue weighted by atomic mass is 10.2. The molecule has 2 rings (SSSR count). The van der Waals surface area contributed by atoms with Crippen LogP contribution in [-0.4, -0.2) is 4.57 Å². The summed E-state index contributed by atoms with van der Waals surface area (Å²) in [6.45, 7) is 4.13. The Morgan fingerprint density at radius 3 is 2.53 bits per heavy atom. The quantitative estimate of drug-likeness (QED) is 0.621. The second-order valence-corrected chi connectivity index (χ2v) is 3.40. The smallest absolute Gasteiger partial charge is 0.244 e. The Bertz CT molecular complexity index is 395. The number of nitrogens with zero attached hydrogens (tertiary/aromatic N) is 2. The van der Waals surface area contributed by atoms with Gasteiger partial charge in [0.05, 0.1) is 6.54 Å². The molecule has 0 N–H and O–H groups in total. The van der Waals surface area contributed by atoms with Crippen LogP contribution in [0.5, 0.6) is 0 Å². The van der Waals surface area contributed by atoms with Gasteiger partial charge in [0.2, 0.25) is 6.33 Å². The van der Waals surface area contributed by atoms with E-state index in [9.17, 15) is 0 Å². The van der Waals surface area contributed by atoms with Gasteiger partial charge >= 0.3 is 0 Å². The van der Waals surface area contributed by atoms with Gasteiger partial charge in [-0.1, -0.05) is 30.3 Å². The van der Waals surface area contributed by atoms with Crippen LogP contribution in [0.4, 0.5) is 0 Å². The molecule has 0 spiro atoms. The molecule has 1 aromatic carbocycles. The average molecular weight is 267 g/mol. The summed E-state index contributed by atoms with van der Waals surface area (Å²) >= 11 is 0. The normalized spacial score (nSPS) is 9.67. The van der Waals surface area contributed by atoms with Gasteiger partial charge in [0.15, 0.2) is 0 Å². The van der Waals surface area contributed by atoms with Crippen molar-refractivity contribution in [1.29, 1.82) is 0 Å². The fourth-order valence-corrected chi connectivity index (χ4v) is 1.51. The van der Waals surface area contributed by atoms with E-state index >= 15 is 0 Å². The number of imidazole rings is 1. The first-order valence-corrected chi connectivity index (χ1v) is 4.97. The van der Waals surface area contributed by atoms with E-state index in [1.807, 2.05) is 6.07 Å². The zero-order valence-corrected chi connectivity index (χ0v) is 10.4. The fourth-order valence-electron chi connectivity index (χ4n) is 1.51. The summed E-state index contributed by atoms with van der Waals surface area (Å²) in [5.41, 5.74) is 1.34. The summed E-state index contributed by atoms with van der Waals surface area (Å²) < 4.78 is 4.36. The Hall–Kier alpha value is -1.09. The van der Waals surface area contributed by atoms with Crippen molar-refractivity contribution in [3.05, 3.63) is 54.6 Å². The summed E-state index contributed by atoms with van der Waals surface area (Å²) in [4.78, 5) is 0. The van der Waals surface area contributed by atoms with Crippen LogP contribution >= 0.6 is 0 Å². The SMILES string of the molecule is CCn1cc[n+](Cc2ccccc2)c1.[Br-]. The lowest BCUT2D eigenvalue weighted by Gasteiger charge is -1.95. The lowest BCUT2D eigenvalue weighted by Crippen LogP contribution is -3.00. The van der Waals surface area contributed by atoms with Crippen LogP contribution in [0.3, 0.4) is 0 Å². The van der Waals surface area contributed by atoms with Gasteiger partial charge in [0.25, 0.3) is 0 Å². The Balaban J connectivity index is 0.00000112. The maximum Gasteiger partial charge on any atom is 0.244 e. The molecule has 15 heavy (non-hydrogen) atoms. The number of halogens is 1. The zero-order valence-electron chi connectivity index (χ0n) is 8.81. The zero-order chi connectivity index (χ0) is 9.80. The third-order valence-corrected chi connectivity index (χ3v) is 2.32. The molecule has 0 aliphatic carbocycles. The van der Waals surface area contributed by atoms with Crippen molar-refractivity contribution in [2.45, 2.75) is 20.0 Å². The third kappa shape index (κ3) is 3.20. The monoisotopic (exact) mass is 266 g/mol. The highest BCUT2D eigenvalue weighted by Crippen LogP contribution is 1.97. The molecular weight excluding hydrogens is 252 g/mol. The number of aromatic nitrogens is 2. The van der Waals surface area contributed by atoms with Crippen molar-refractivity contribution in [2.75, 3.05) is 0 Å². The summed E-state index contributed by atoms with van der Waals surface area (Å²) in [7, 11) is 0. The second kappa shape index (κ2) is 5.71. The van der Waals surface area contributed by atoms with E-state index in [1.165, 1.54) is 5.56 Å². The molecule has 0 bridgehead atoms. The highest BCUT2D eigenvalue weighted by molar-refractivity contribution is 5.13. The fraction of sp³-hybridized carbons (Fsp3) is 0.250. The van der Waals surface area contributed by atoms with Gasteiger partial charge in [0.1, 0.15) is 18.9 Å². The van der Waals surface area contributed by atoms with Gasteiger partial charge < -0.3 is 17.0 Å². The van der Waals surface area contributed by atoms with Gasteiger partial charge in [-0.05, 0) is 12.5 Å². The van der Waals surface area contributed by atoms with Crippen LogP contribution in [0.25, 0.3) is 0 Å². The second-order valence-electron chi connectivity index (χ2n) is 3.40. The van der Waals surface area contributed by atoms with Crippen molar-refractivity contribution < 1.29 is 21.5 Å². The maximum atomic E-state index is 2.19. The lowest BCUT2D eigenvalue weighted by molar-refractivity contribution is -0.687. The Kier molecular flexibility index (Phi) is 4.56. The van der Waals surface area contributed by atoms with E-state index in [0.717, 1.165) is 13.1 Å². The number of hydrogen-bond donors (Lipinski definition) is 0. The average Bonchev–Trinajstić information content (AvgIpc) is 2.67. The standard InChI is InChI=1S/C12H15N2.BrH/c1-2-13-8-9-14(11-13)10-12-6-4-3-5-7-12;/h3-9,11H,2,10H2,1H3;1H/q+1;/p-1.